The summed E-state index contributed by atoms with van der Waals surface area (Å²) in [4.78, 5) is 26.5. The minimum atomic E-state index is -2.32. The van der Waals surface area contributed by atoms with Crippen molar-refractivity contribution in [2.45, 2.75) is 18.7 Å². The van der Waals surface area contributed by atoms with Crippen molar-refractivity contribution in [1.82, 2.24) is 4.98 Å². The van der Waals surface area contributed by atoms with Crippen molar-refractivity contribution in [3.63, 3.8) is 0 Å². The number of alkyl halides is 1. The normalized spacial score (nSPS) is 22.9. The summed E-state index contributed by atoms with van der Waals surface area (Å²) >= 11 is 11.8. The fourth-order valence-electron chi connectivity index (χ4n) is 2.26. The van der Waals surface area contributed by atoms with E-state index in [4.69, 9.17) is 27.9 Å². The number of hydrogen-bond acceptors (Lipinski definition) is 4. The molecule has 24 heavy (non-hydrogen) atoms. The van der Waals surface area contributed by atoms with Crippen LogP contribution in [0, 0.1) is 0 Å². The van der Waals surface area contributed by atoms with E-state index >= 15 is 0 Å². The van der Waals surface area contributed by atoms with E-state index in [0.29, 0.717) is 0 Å². The van der Waals surface area contributed by atoms with Gasteiger partial charge in [-0.1, -0.05) is 29.3 Å². The van der Waals surface area contributed by atoms with Crippen molar-refractivity contribution in [1.29, 1.82) is 0 Å². The van der Waals surface area contributed by atoms with E-state index in [1.54, 1.807) is 0 Å². The predicted molar refractivity (Wildman–Crippen MR) is 87.2 cm³/mol. The Hall–Kier alpha value is -1.96. The highest BCUT2D eigenvalue weighted by Crippen LogP contribution is 2.41. The van der Waals surface area contributed by atoms with Crippen LogP contribution in [0.15, 0.2) is 29.3 Å². The fraction of sp³-hybridized carbons (Fsp3) is 0.267. The highest BCUT2D eigenvalue weighted by atomic mass is 35.5. The first-order chi connectivity index (χ1) is 11.2. The van der Waals surface area contributed by atoms with E-state index in [2.05, 4.69) is 10.3 Å². The molecule has 1 aliphatic rings. The van der Waals surface area contributed by atoms with Crippen LogP contribution >= 0.6 is 23.2 Å². The molecule has 2 rings (SSSR count). The molecule has 1 heterocycles. The number of anilines is 1. The number of aromatic carboxylic acids is 1. The van der Waals surface area contributed by atoms with E-state index in [-0.39, 0.29) is 21.4 Å². The van der Waals surface area contributed by atoms with E-state index in [0.717, 1.165) is 13.2 Å². The number of allylic oxidation sites excluding steroid dienone is 2. The van der Waals surface area contributed by atoms with Crippen LogP contribution in [0.2, 0.25) is 5.02 Å². The zero-order chi connectivity index (χ0) is 18.1. The number of methoxy groups -OCH3 is 1. The number of carbonyl (C=O) groups is 2. The lowest BCUT2D eigenvalue weighted by atomic mass is 9.91. The second kappa shape index (κ2) is 6.88. The molecule has 0 radical (unpaired) electrons. The van der Waals surface area contributed by atoms with Gasteiger partial charge >= 0.3 is 5.97 Å². The van der Waals surface area contributed by atoms with Crippen LogP contribution in [0.3, 0.4) is 0 Å². The number of pyridine rings is 1. The van der Waals surface area contributed by atoms with Gasteiger partial charge in [-0.25, -0.2) is 14.2 Å². The molecule has 0 spiro atoms. The van der Waals surface area contributed by atoms with Crippen molar-refractivity contribution in [3.05, 3.63) is 45.7 Å². The molecule has 0 aliphatic heterocycles. The second-order valence-electron chi connectivity index (χ2n) is 5.01. The predicted octanol–water partition coefficient (Wildman–Crippen LogP) is 3.48. The largest absolute Gasteiger partial charge is 0.476 e. The standard InChI is InChI=1S/C15H13Cl2FN2O4/c1-7(21)19-11-5-10(20-13(12(11)17)14(22)23)9-4-3-8(16)6-15(9,18)24-2/h3-6,9H,1-2H3,(H,22,23)(H,19,20,21). The van der Waals surface area contributed by atoms with Gasteiger partial charge in [0.15, 0.2) is 5.69 Å². The first kappa shape index (κ1) is 18.4. The summed E-state index contributed by atoms with van der Waals surface area (Å²) in [5, 5.41) is 11.5. The van der Waals surface area contributed by atoms with Gasteiger partial charge in [0, 0.05) is 19.1 Å². The van der Waals surface area contributed by atoms with Gasteiger partial charge < -0.3 is 15.2 Å². The number of carboxylic acids is 1. The van der Waals surface area contributed by atoms with Gasteiger partial charge in [-0.05, 0) is 18.2 Å². The molecule has 2 N–H and O–H groups in total. The molecule has 1 aromatic rings. The zero-order valence-electron chi connectivity index (χ0n) is 12.6. The average molecular weight is 375 g/mol. The third-order valence-electron chi connectivity index (χ3n) is 3.33. The van der Waals surface area contributed by atoms with Crippen molar-refractivity contribution < 1.29 is 23.8 Å². The van der Waals surface area contributed by atoms with Crippen LogP contribution < -0.4 is 5.32 Å². The Morgan fingerprint density at radius 2 is 2.12 bits per heavy atom. The summed E-state index contributed by atoms with van der Waals surface area (Å²) in [6, 6.07) is 1.30. The maximum Gasteiger partial charge on any atom is 0.356 e. The van der Waals surface area contributed by atoms with E-state index in [1.807, 2.05) is 0 Å². The zero-order valence-corrected chi connectivity index (χ0v) is 14.2. The molecule has 2 unspecified atom stereocenters. The number of aromatic nitrogens is 1. The number of halogens is 3. The average Bonchev–Trinajstić information content (AvgIpc) is 2.48. The third-order valence-corrected chi connectivity index (χ3v) is 3.95. The van der Waals surface area contributed by atoms with Gasteiger partial charge in [0.05, 0.1) is 22.3 Å². The monoisotopic (exact) mass is 374 g/mol. The molecule has 2 atom stereocenters. The molecular weight excluding hydrogens is 362 g/mol. The summed E-state index contributed by atoms with van der Waals surface area (Å²) < 4.78 is 19.9. The van der Waals surface area contributed by atoms with Crippen LogP contribution in [-0.4, -0.2) is 34.9 Å². The quantitative estimate of drug-likeness (QED) is 0.841. The molecule has 0 bridgehead atoms. The highest BCUT2D eigenvalue weighted by molar-refractivity contribution is 6.36. The van der Waals surface area contributed by atoms with Gasteiger partial charge in [-0.3, -0.25) is 4.79 Å². The summed E-state index contributed by atoms with van der Waals surface area (Å²) in [5.74, 6) is -5.28. The van der Waals surface area contributed by atoms with Crippen molar-refractivity contribution >= 4 is 40.8 Å². The van der Waals surface area contributed by atoms with Gasteiger partial charge in [0.25, 0.3) is 0 Å². The van der Waals surface area contributed by atoms with Crippen LogP contribution in [-0.2, 0) is 9.53 Å². The molecule has 1 amide bonds. The van der Waals surface area contributed by atoms with Crippen LogP contribution in [0.5, 0.6) is 0 Å². The molecule has 9 heteroatoms. The van der Waals surface area contributed by atoms with Crippen molar-refractivity contribution in [2.75, 3.05) is 12.4 Å². The number of nitrogens with zero attached hydrogens (tertiary/aromatic N) is 1. The van der Waals surface area contributed by atoms with Gasteiger partial charge in [-0.15, -0.1) is 0 Å². The molecule has 128 valence electrons. The number of carboxylic acid groups (broad SMARTS) is 1. The Balaban J connectivity index is 2.61. The SMILES string of the molecule is COC1(F)C=C(Cl)C=CC1c1cc(NC(C)=O)c(Cl)c(C(=O)O)n1. The van der Waals surface area contributed by atoms with Gasteiger partial charge in [0.1, 0.15) is 0 Å². The van der Waals surface area contributed by atoms with E-state index in [1.165, 1.54) is 25.1 Å². The number of ether oxygens (including phenoxy) is 1. The Labute approximate surface area is 146 Å². The molecule has 0 aromatic carbocycles. The Morgan fingerprint density at radius 3 is 2.67 bits per heavy atom. The maximum atomic E-state index is 15.0. The van der Waals surface area contributed by atoms with Gasteiger partial charge in [0.2, 0.25) is 11.8 Å². The Bertz CT molecular complexity index is 766. The summed E-state index contributed by atoms with van der Waals surface area (Å²) in [5.41, 5.74) is -0.481. The lowest BCUT2D eigenvalue weighted by Gasteiger charge is -2.30. The molecule has 0 fully saturated rings. The van der Waals surface area contributed by atoms with Crippen LogP contribution in [0.25, 0.3) is 0 Å². The summed E-state index contributed by atoms with van der Waals surface area (Å²) in [7, 11) is 1.15. The molecule has 6 nitrogen and oxygen atoms in total. The molecular formula is C15H13Cl2FN2O4. The van der Waals surface area contributed by atoms with Crippen molar-refractivity contribution in [2.24, 2.45) is 0 Å². The lowest BCUT2D eigenvalue weighted by Crippen LogP contribution is -2.33. The van der Waals surface area contributed by atoms with E-state index < -0.39 is 29.3 Å². The first-order valence-electron chi connectivity index (χ1n) is 6.70. The first-order valence-corrected chi connectivity index (χ1v) is 7.45. The van der Waals surface area contributed by atoms with Crippen LogP contribution in [0.1, 0.15) is 29.0 Å². The lowest BCUT2D eigenvalue weighted by molar-refractivity contribution is -0.114. The van der Waals surface area contributed by atoms with Gasteiger partial charge in [-0.2, -0.15) is 0 Å². The Morgan fingerprint density at radius 1 is 1.46 bits per heavy atom. The minimum Gasteiger partial charge on any atom is -0.476 e. The smallest absolute Gasteiger partial charge is 0.356 e. The minimum absolute atomic E-state index is 0.0130. The maximum absolute atomic E-state index is 15.0. The Kier molecular flexibility index (Phi) is 5.27. The fourth-order valence-corrected chi connectivity index (χ4v) is 2.71. The van der Waals surface area contributed by atoms with Crippen molar-refractivity contribution in [3.8, 4) is 0 Å². The number of carbonyl (C=O) groups excluding carboxylic acids is 1. The summed E-state index contributed by atoms with van der Waals surface area (Å²) in [6.07, 6.45) is 3.89. The molecule has 1 aromatic heterocycles. The number of rotatable bonds is 4. The number of hydrogen-bond donors (Lipinski definition) is 2. The molecule has 0 saturated heterocycles. The topological polar surface area (TPSA) is 88.5 Å². The summed E-state index contributed by atoms with van der Waals surface area (Å²) in [6.45, 7) is 1.23. The van der Waals surface area contributed by atoms with E-state index in [9.17, 15) is 19.1 Å². The number of nitrogens with one attached hydrogen (secondary N) is 1. The van der Waals surface area contributed by atoms with Crippen LogP contribution in [0.4, 0.5) is 10.1 Å². The third kappa shape index (κ3) is 3.58. The highest BCUT2D eigenvalue weighted by Gasteiger charge is 2.41. The molecule has 0 saturated carbocycles. The molecule has 1 aliphatic carbocycles. The number of amides is 1. The second-order valence-corrected chi connectivity index (χ2v) is 5.83.